The number of hydrogen-bond donors (Lipinski definition) is 1. The van der Waals surface area contributed by atoms with E-state index in [1.807, 2.05) is 44.4 Å². The van der Waals surface area contributed by atoms with Gasteiger partial charge in [-0.15, -0.1) is 0 Å². The second-order valence-corrected chi connectivity index (χ2v) is 11.1. The Morgan fingerprint density at radius 3 is 2.29 bits per heavy atom. The SMILES string of the molecule is CN(C)c1ccc(C(CNS(=O)(=O)c2ccc3ccccc3c2)N2CCc3ccccc3C2)cc1. The molecule has 1 unspecified atom stereocenters. The highest BCUT2D eigenvalue weighted by Gasteiger charge is 2.27. The summed E-state index contributed by atoms with van der Waals surface area (Å²) in [6.45, 7) is 1.99. The van der Waals surface area contributed by atoms with Gasteiger partial charge in [0.25, 0.3) is 0 Å². The van der Waals surface area contributed by atoms with Gasteiger partial charge in [-0.2, -0.15) is 0 Å². The monoisotopic (exact) mass is 485 g/mol. The molecule has 0 saturated heterocycles. The molecule has 1 heterocycles. The lowest BCUT2D eigenvalue weighted by Gasteiger charge is -2.36. The van der Waals surface area contributed by atoms with Crippen LogP contribution in [0.3, 0.4) is 0 Å². The number of nitrogens with one attached hydrogen (secondary N) is 1. The van der Waals surface area contributed by atoms with Gasteiger partial charge >= 0.3 is 0 Å². The lowest BCUT2D eigenvalue weighted by Crippen LogP contribution is -2.40. The van der Waals surface area contributed by atoms with Crippen molar-refractivity contribution in [2.75, 3.05) is 32.1 Å². The molecule has 1 aliphatic rings. The predicted octanol–water partition coefficient (Wildman–Crippen LogP) is 4.98. The molecule has 0 amide bonds. The number of sulfonamides is 1. The topological polar surface area (TPSA) is 52.7 Å². The number of benzene rings is 4. The lowest BCUT2D eigenvalue weighted by molar-refractivity contribution is 0.180. The van der Waals surface area contributed by atoms with Gasteiger partial charge in [-0.1, -0.05) is 66.7 Å². The summed E-state index contributed by atoms with van der Waals surface area (Å²) in [6, 6.07) is 30.0. The summed E-state index contributed by atoms with van der Waals surface area (Å²) in [6.07, 6.45) is 0.958. The van der Waals surface area contributed by atoms with Gasteiger partial charge in [0.15, 0.2) is 0 Å². The average Bonchev–Trinajstić information content (AvgIpc) is 2.88. The maximum Gasteiger partial charge on any atom is 0.240 e. The highest BCUT2D eigenvalue weighted by Crippen LogP contribution is 2.29. The summed E-state index contributed by atoms with van der Waals surface area (Å²) in [5, 5.41) is 1.94. The summed E-state index contributed by atoms with van der Waals surface area (Å²) < 4.78 is 29.5. The van der Waals surface area contributed by atoms with Gasteiger partial charge in [0, 0.05) is 45.5 Å². The Labute approximate surface area is 208 Å². The molecule has 0 radical (unpaired) electrons. The molecule has 1 aliphatic heterocycles. The van der Waals surface area contributed by atoms with E-state index in [0.29, 0.717) is 11.4 Å². The van der Waals surface area contributed by atoms with Gasteiger partial charge in [-0.05, 0) is 58.1 Å². The van der Waals surface area contributed by atoms with Crippen LogP contribution in [0.25, 0.3) is 10.8 Å². The maximum atomic E-state index is 13.3. The molecular weight excluding hydrogens is 454 g/mol. The van der Waals surface area contributed by atoms with Crippen LogP contribution in [0.1, 0.15) is 22.7 Å². The van der Waals surface area contributed by atoms with Crippen LogP contribution in [0.4, 0.5) is 5.69 Å². The van der Waals surface area contributed by atoms with Gasteiger partial charge in [0.05, 0.1) is 4.90 Å². The van der Waals surface area contributed by atoms with Gasteiger partial charge in [0.2, 0.25) is 10.0 Å². The zero-order valence-electron chi connectivity index (χ0n) is 20.2. The molecule has 0 bridgehead atoms. The van der Waals surface area contributed by atoms with Crippen LogP contribution in [0.5, 0.6) is 0 Å². The van der Waals surface area contributed by atoms with Crippen molar-refractivity contribution in [1.82, 2.24) is 9.62 Å². The zero-order valence-corrected chi connectivity index (χ0v) is 21.0. The Kier molecular flexibility index (Phi) is 6.60. The molecule has 0 spiro atoms. The first-order valence-corrected chi connectivity index (χ1v) is 13.5. The quantitative estimate of drug-likeness (QED) is 0.401. The minimum Gasteiger partial charge on any atom is -0.378 e. The van der Waals surface area contributed by atoms with E-state index in [0.717, 1.165) is 41.5 Å². The Balaban J connectivity index is 1.42. The summed E-state index contributed by atoms with van der Waals surface area (Å²) in [5.74, 6) is 0. The maximum absolute atomic E-state index is 13.3. The van der Waals surface area contributed by atoms with Crippen molar-refractivity contribution in [3.63, 3.8) is 0 Å². The lowest BCUT2D eigenvalue weighted by atomic mass is 9.96. The first kappa shape index (κ1) is 23.5. The Morgan fingerprint density at radius 1 is 0.857 bits per heavy atom. The van der Waals surface area contributed by atoms with E-state index in [1.165, 1.54) is 11.1 Å². The molecule has 35 heavy (non-hydrogen) atoms. The van der Waals surface area contributed by atoms with Crippen molar-refractivity contribution in [2.24, 2.45) is 0 Å². The van der Waals surface area contributed by atoms with Crippen LogP contribution < -0.4 is 9.62 Å². The van der Waals surface area contributed by atoms with Gasteiger partial charge in [-0.25, -0.2) is 13.1 Å². The summed E-state index contributed by atoms with van der Waals surface area (Å²) in [5.41, 5.74) is 4.91. The van der Waals surface area contributed by atoms with Crippen LogP contribution in [0.2, 0.25) is 0 Å². The third-order valence-electron chi connectivity index (χ3n) is 6.89. The molecule has 0 aromatic heterocycles. The summed E-state index contributed by atoms with van der Waals surface area (Å²) in [4.78, 5) is 4.75. The Bertz CT molecular complexity index is 1430. The predicted molar refractivity (Wildman–Crippen MR) is 143 cm³/mol. The molecule has 5 rings (SSSR count). The van der Waals surface area contributed by atoms with E-state index in [4.69, 9.17) is 0 Å². The van der Waals surface area contributed by atoms with E-state index in [9.17, 15) is 8.42 Å². The third-order valence-corrected chi connectivity index (χ3v) is 8.31. The molecule has 0 aliphatic carbocycles. The third kappa shape index (κ3) is 5.10. The Hall–Kier alpha value is -3.19. The highest BCUT2D eigenvalue weighted by molar-refractivity contribution is 7.89. The first-order valence-electron chi connectivity index (χ1n) is 12.0. The number of anilines is 1. The first-order chi connectivity index (χ1) is 16.9. The molecule has 0 fully saturated rings. The van der Waals surface area contributed by atoms with E-state index in [-0.39, 0.29) is 6.04 Å². The van der Waals surface area contributed by atoms with Crippen molar-refractivity contribution in [2.45, 2.75) is 23.9 Å². The van der Waals surface area contributed by atoms with Crippen LogP contribution in [-0.2, 0) is 23.0 Å². The van der Waals surface area contributed by atoms with Crippen LogP contribution in [0.15, 0.2) is 95.9 Å². The van der Waals surface area contributed by atoms with Crippen molar-refractivity contribution in [3.05, 3.63) is 108 Å². The summed E-state index contributed by atoms with van der Waals surface area (Å²) >= 11 is 0. The van der Waals surface area contributed by atoms with E-state index in [1.54, 1.807) is 12.1 Å². The van der Waals surface area contributed by atoms with Crippen molar-refractivity contribution < 1.29 is 8.42 Å². The van der Waals surface area contributed by atoms with Crippen molar-refractivity contribution in [1.29, 1.82) is 0 Å². The fourth-order valence-corrected chi connectivity index (χ4v) is 5.92. The number of hydrogen-bond acceptors (Lipinski definition) is 4. The molecule has 180 valence electrons. The fraction of sp³-hybridized carbons (Fsp3) is 0.241. The zero-order chi connectivity index (χ0) is 24.4. The van der Waals surface area contributed by atoms with Gasteiger partial charge in [-0.3, -0.25) is 4.90 Å². The molecule has 6 heteroatoms. The van der Waals surface area contributed by atoms with E-state index < -0.39 is 10.0 Å². The molecule has 0 saturated carbocycles. The van der Waals surface area contributed by atoms with Crippen molar-refractivity contribution in [3.8, 4) is 0 Å². The normalized spacial score (nSPS) is 15.0. The van der Waals surface area contributed by atoms with Gasteiger partial charge in [0.1, 0.15) is 0 Å². The van der Waals surface area contributed by atoms with Crippen LogP contribution in [-0.4, -0.2) is 40.5 Å². The minimum absolute atomic E-state index is 0.0743. The number of fused-ring (bicyclic) bond motifs is 2. The van der Waals surface area contributed by atoms with E-state index in [2.05, 4.69) is 63.1 Å². The second kappa shape index (κ2) is 9.82. The van der Waals surface area contributed by atoms with Crippen LogP contribution >= 0.6 is 0 Å². The molecule has 1 atom stereocenters. The molecule has 4 aromatic carbocycles. The van der Waals surface area contributed by atoms with Crippen molar-refractivity contribution >= 4 is 26.5 Å². The smallest absolute Gasteiger partial charge is 0.240 e. The van der Waals surface area contributed by atoms with E-state index >= 15 is 0 Å². The highest BCUT2D eigenvalue weighted by atomic mass is 32.2. The standard InChI is InChI=1S/C29H31N3O2S/c1-31(2)27-14-11-24(12-15-27)29(32-18-17-23-8-4-6-10-26(23)21-32)20-30-35(33,34)28-16-13-22-7-3-5-9-25(22)19-28/h3-16,19,29-30H,17-18,20-21H2,1-2H3. The molecule has 1 N–H and O–H groups in total. The molecular formula is C29H31N3O2S. The van der Waals surface area contributed by atoms with Gasteiger partial charge < -0.3 is 4.90 Å². The van der Waals surface area contributed by atoms with Crippen LogP contribution in [0, 0.1) is 0 Å². The molecule has 4 aromatic rings. The summed E-state index contributed by atoms with van der Waals surface area (Å²) in [7, 11) is 0.379. The number of rotatable bonds is 7. The second-order valence-electron chi connectivity index (χ2n) is 9.35. The minimum atomic E-state index is -3.66. The Morgan fingerprint density at radius 2 is 1.54 bits per heavy atom. The average molecular weight is 486 g/mol. The largest absolute Gasteiger partial charge is 0.378 e. The fourth-order valence-electron chi connectivity index (χ4n) is 4.84. The molecule has 5 nitrogen and oxygen atoms in total. The number of nitrogens with zero attached hydrogens (tertiary/aromatic N) is 2.